The number of anilines is 1. The first-order chi connectivity index (χ1) is 10.5. The molecule has 1 amide bonds. The Hall–Kier alpha value is -1.70. The first kappa shape index (κ1) is 15.2. The van der Waals surface area contributed by atoms with Crippen molar-refractivity contribution in [3.8, 4) is 0 Å². The van der Waals surface area contributed by atoms with Crippen molar-refractivity contribution in [1.82, 2.24) is 14.8 Å². The number of halogens is 2. The van der Waals surface area contributed by atoms with Crippen molar-refractivity contribution >= 4 is 72.6 Å². The lowest BCUT2D eigenvalue weighted by atomic mass is 10.1. The van der Waals surface area contributed by atoms with Gasteiger partial charge < -0.3 is 5.32 Å². The molecule has 2 heterocycles. The summed E-state index contributed by atoms with van der Waals surface area (Å²) in [4.78, 5) is 27.6. The van der Waals surface area contributed by atoms with E-state index in [-0.39, 0.29) is 23.6 Å². The van der Waals surface area contributed by atoms with E-state index < -0.39 is 0 Å². The normalized spacial score (nSPS) is 11.2. The molecule has 0 radical (unpaired) electrons. The third-order valence-corrected chi connectivity index (χ3v) is 4.60. The molecule has 1 aromatic carbocycles. The van der Waals surface area contributed by atoms with Crippen LogP contribution in [0.15, 0.2) is 12.3 Å². The standard InChI is InChI=1S/C13H10Cl2N4O2S/c1-6-2-8-7(5-16-19(8)10(21)4-15)12-11(6)18-13(22-12)17-9(20)3-14/h2,5H,3-4H2,1H3,(H,17,18,20). The number of hydrogen-bond donors (Lipinski definition) is 1. The highest BCUT2D eigenvalue weighted by molar-refractivity contribution is 7.23. The number of benzene rings is 1. The topological polar surface area (TPSA) is 76.9 Å². The highest BCUT2D eigenvalue weighted by atomic mass is 35.5. The maximum atomic E-state index is 11.8. The molecule has 22 heavy (non-hydrogen) atoms. The van der Waals surface area contributed by atoms with Crippen LogP contribution in [-0.2, 0) is 4.79 Å². The summed E-state index contributed by atoms with van der Waals surface area (Å²) < 4.78 is 2.14. The van der Waals surface area contributed by atoms with Gasteiger partial charge in [-0.2, -0.15) is 9.78 Å². The summed E-state index contributed by atoms with van der Waals surface area (Å²) in [6, 6.07) is 1.84. The number of alkyl halides is 2. The van der Waals surface area contributed by atoms with Crippen molar-refractivity contribution in [3.63, 3.8) is 0 Å². The zero-order valence-electron chi connectivity index (χ0n) is 11.4. The largest absolute Gasteiger partial charge is 0.301 e. The number of nitrogens with zero attached hydrogens (tertiary/aromatic N) is 3. The summed E-state index contributed by atoms with van der Waals surface area (Å²) in [6.07, 6.45) is 1.60. The third kappa shape index (κ3) is 2.45. The lowest BCUT2D eigenvalue weighted by Crippen LogP contribution is -2.13. The Labute approximate surface area is 139 Å². The van der Waals surface area contributed by atoms with Crippen LogP contribution in [0.1, 0.15) is 10.4 Å². The number of carbonyl (C=O) groups excluding carboxylic acids is 2. The Kier molecular flexibility index (Phi) is 4.03. The van der Waals surface area contributed by atoms with Crippen LogP contribution in [0.4, 0.5) is 5.13 Å². The van der Waals surface area contributed by atoms with Gasteiger partial charge in [0.25, 0.3) is 5.91 Å². The summed E-state index contributed by atoms with van der Waals surface area (Å²) in [7, 11) is 0. The van der Waals surface area contributed by atoms with Gasteiger partial charge in [0.2, 0.25) is 5.91 Å². The van der Waals surface area contributed by atoms with E-state index in [1.807, 2.05) is 13.0 Å². The quantitative estimate of drug-likeness (QED) is 0.731. The van der Waals surface area contributed by atoms with Crippen molar-refractivity contribution < 1.29 is 9.59 Å². The number of aryl methyl sites for hydroxylation is 1. The number of fused-ring (bicyclic) bond motifs is 3. The Morgan fingerprint density at radius 1 is 1.36 bits per heavy atom. The molecule has 0 saturated carbocycles. The number of aromatic nitrogens is 3. The molecule has 0 aliphatic carbocycles. The first-order valence-electron chi connectivity index (χ1n) is 6.28. The van der Waals surface area contributed by atoms with Crippen LogP contribution in [0, 0.1) is 6.92 Å². The van der Waals surface area contributed by atoms with Gasteiger partial charge in [-0.05, 0) is 18.6 Å². The zero-order chi connectivity index (χ0) is 15.9. The molecule has 0 bridgehead atoms. The number of thiazole rings is 1. The average molecular weight is 357 g/mol. The highest BCUT2D eigenvalue weighted by Crippen LogP contribution is 2.34. The fourth-order valence-electron chi connectivity index (χ4n) is 2.18. The molecular formula is C13H10Cl2N4O2S. The second kappa shape index (κ2) is 5.83. The predicted molar refractivity (Wildman–Crippen MR) is 88.3 cm³/mol. The van der Waals surface area contributed by atoms with E-state index >= 15 is 0 Å². The van der Waals surface area contributed by atoms with Gasteiger partial charge in [-0.1, -0.05) is 11.3 Å². The minimum atomic E-state index is -0.317. The van der Waals surface area contributed by atoms with E-state index in [2.05, 4.69) is 15.4 Å². The van der Waals surface area contributed by atoms with E-state index in [1.165, 1.54) is 16.0 Å². The third-order valence-electron chi connectivity index (χ3n) is 3.12. The maximum absolute atomic E-state index is 11.8. The van der Waals surface area contributed by atoms with Gasteiger partial charge in [0.05, 0.1) is 21.9 Å². The summed E-state index contributed by atoms with van der Waals surface area (Å²) in [5.41, 5.74) is 2.32. The molecule has 0 aliphatic heterocycles. The van der Waals surface area contributed by atoms with Gasteiger partial charge in [-0.25, -0.2) is 4.98 Å². The Balaban J connectivity index is 2.21. The minimum absolute atomic E-state index is 0.132. The lowest BCUT2D eigenvalue weighted by Gasteiger charge is -2.00. The summed E-state index contributed by atoms with van der Waals surface area (Å²) in [6.45, 7) is 1.89. The lowest BCUT2D eigenvalue weighted by molar-refractivity contribution is -0.113. The molecule has 3 rings (SSSR count). The molecule has 6 nitrogen and oxygen atoms in total. The second-order valence-corrected chi connectivity index (χ2v) is 6.12. The number of amides is 1. The number of rotatable bonds is 3. The zero-order valence-corrected chi connectivity index (χ0v) is 13.7. The molecule has 0 saturated heterocycles. The molecule has 0 atom stereocenters. The van der Waals surface area contributed by atoms with E-state index in [0.29, 0.717) is 10.6 Å². The van der Waals surface area contributed by atoms with Crippen LogP contribution in [-0.4, -0.2) is 38.3 Å². The average Bonchev–Trinajstić information content (AvgIpc) is 3.10. The monoisotopic (exact) mass is 356 g/mol. The molecule has 1 N–H and O–H groups in total. The molecule has 3 aromatic rings. The fraction of sp³-hybridized carbons (Fsp3) is 0.231. The molecule has 9 heteroatoms. The number of nitrogens with one attached hydrogen (secondary N) is 1. The molecule has 0 unspecified atom stereocenters. The van der Waals surface area contributed by atoms with Gasteiger partial charge in [0.15, 0.2) is 5.13 Å². The SMILES string of the molecule is Cc1cc2c(cnn2C(=O)CCl)c2sc(NC(=O)CCl)nc12. The number of hydrogen-bond acceptors (Lipinski definition) is 5. The Morgan fingerprint density at radius 3 is 2.82 bits per heavy atom. The summed E-state index contributed by atoms with van der Waals surface area (Å²) >= 11 is 12.4. The molecule has 2 aromatic heterocycles. The first-order valence-corrected chi connectivity index (χ1v) is 8.16. The van der Waals surface area contributed by atoms with Gasteiger partial charge >= 0.3 is 0 Å². The second-order valence-electron chi connectivity index (χ2n) is 4.59. The van der Waals surface area contributed by atoms with Crippen LogP contribution in [0.25, 0.3) is 21.1 Å². The molecule has 0 fully saturated rings. The molecule has 0 aliphatic rings. The van der Waals surface area contributed by atoms with Gasteiger partial charge in [-0.15, -0.1) is 23.2 Å². The van der Waals surface area contributed by atoms with Crippen molar-refractivity contribution in [1.29, 1.82) is 0 Å². The van der Waals surface area contributed by atoms with Crippen LogP contribution < -0.4 is 5.32 Å². The van der Waals surface area contributed by atoms with Crippen LogP contribution in [0.2, 0.25) is 0 Å². The minimum Gasteiger partial charge on any atom is -0.301 e. The highest BCUT2D eigenvalue weighted by Gasteiger charge is 2.17. The van der Waals surface area contributed by atoms with E-state index in [4.69, 9.17) is 23.2 Å². The van der Waals surface area contributed by atoms with Gasteiger partial charge in [-0.3, -0.25) is 9.59 Å². The maximum Gasteiger partial charge on any atom is 0.262 e. The van der Waals surface area contributed by atoms with Crippen molar-refractivity contribution in [2.75, 3.05) is 17.1 Å². The van der Waals surface area contributed by atoms with E-state index in [1.54, 1.807) is 6.20 Å². The summed E-state index contributed by atoms with van der Waals surface area (Å²) in [5, 5.41) is 7.99. The van der Waals surface area contributed by atoms with Crippen LogP contribution in [0.3, 0.4) is 0 Å². The van der Waals surface area contributed by atoms with Crippen molar-refractivity contribution in [2.24, 2.45) is 0 Å². The Morgan fingerprint density at radius 2 is 2.14 bits per heavy atom. The Bertz CT molecular complexity index is 902. The number of carbonyl (C=O) groups is 2. The molecular weight excluding hydrogens is 347 g/mol. The van der Waals surface area contributed by atoms with E-state index in [9.17, 15) is 9.59 Å². The molecule has 0 spiro atoms. The smallest absolute Gasteiger partial charge is 0.262 e. The van der Waals surface area contributed by atoms with Crippen molar-refractivity contribution in [2.45, 2.75) is 6.92 Å². The van der Waals surface area contributed by atoms with Crippen molar-refractivity contribution in [3.05, 3.63) is 17.8 Å². The molecule has 114 valence electrons. The summed E-state index contributed by atoms with van der Waals surface area (Å²) in [5.74, 6) is -0.890. The van der Waals surface area contributed by atoms with Crippen LogP contribution in [0.5, 0.6) is 0 Å². The predicted octanol–water partition coefficient (Wildman–Crippen LogP) is 3.01. The van der Waals surface area contributed by atoms with Crippen LogP contribution >= 0.6 is 34.5 Å². The van der Waals surface area contributed by atoms with Gasteiger partial charge in [0, 0.05) is 5.39 Å². The fourth-order valence-corrected chi connectivity index (χ4v) is 3.42. The van der Waals surface area contributed by atoms with E-state index in [0.717, 1.165) is 21.2 Å². The van der Waals surface area contributed by atoms with Gasteiger partial charge in [0.1, 0.15) is 11.8 Å².